The molecular formula is C20H18B. The maximum Gasteiger partial charge on any atom is 0.147 e. The van der Waals surface area contributed by atoms with Gasteiger partial charge >= 0.3 is 0 Å². The maximum atomic E-state index is 2.49. The third-order valence-corrected chi connectivity index (χ3v) is 4.88. The molecule has 0 heterocycles. The van der Waals surface area contributed by atoms with Crippen molar-refractivity contribution >= 4 is 7.28 Å². The van der Waals surface area contributed by atoms with E-state index in [0.717, 1.165) is 0 Å². The minimum absolute atomic E-state index is 0.0271. The van der Waals surface area contributed by atoms with Crippen molar-refractivity contribution in [2.24, 2.45) is 0 Å². The lowest BCUT2D eigenvalue weighted by Crippen LogP contribution is -2.34. The number of fused-ring (bicyclic) bond motifs is 3. The zero-order valence-electron chi connectivity index (χ0n) is 12.5. The van der Waals surface area contributed by atoms with Crippen LogP contribution in [0.5, 0.6) is 0 Å². The molecule has 2 aliphatic rings. The van der Waals surface area contributed by atoms with Gasteiger partial charge in [-0.05, 0) is 32.9 Å². The average molecular weight is 269 g/mol. The van der Waals surface area contributed by atoms with E-state index in [1.54, 1.807) is 0 Å². The monoisotopic (exact) mass is 269 g/mol. The smallest absolute Gasteiger partial charge is 0.0829 e. The summed E-state index contributed by atoms with van der Waals surface area (Å²) >= 11 is 0. The molecule has 0 amide bonds. The van der Waals surface area contributed by atoms with Gasteiger partial charge in [0.05, 0.1) is 0 Å². The Morgan fingerprint density at radius 2 is 1.19 bits per heavy atom. The summed E-state index contributed by atoms with van der Waals surface area (Å²) in [5.74, 6) is 0. The van der Waals surface area contributed by atoms with Gasteiger partial charge in [0.1, 0.15) is 7.28 Å². The van der Waals surface area contributed by atoms with Crippen LogP contribution in [-0.2, 0) is 5.31 Å². The van der Waals surface area contributed by atoms with Crippen molar-refractivity contribution in [3.63, 3.8) is 0 Å². The fourth-order valence-corrected chi connectivity index (χ4v) is 3.94. The van der Waals surface area contributed by atoms with Crippen LogP contribution in [0, 0.1) is 0 Å². The number of benzene rings is 2. The molecule has 0 atom stereocenters. The Morgan fingerprint density at radius 3 is 1.71 bits per heavy atom. The van der Waals surface area contributed by atoms with Gasteiger partial charge in [0.25, 0.3) is 0 Å². The number of hydrogen-bond donors (Lipinski definition) is 0. The summed E-state index contributed by atoms with van der Waals surface area (Å²) in [5, 5.41) is -0.0136. The van der Waals surface area contributed by atoms with Crippen molar-refractivity contribution in [2.45, 2.75) is 24.5 Å². The number of hydrogen-bond acceptors (Lipinski definition) is 0. The summed E-state index contributed by atoms with van der Waals surface area (Å²) in [4.78, 5) is 0. The Bertz CT molecular complexity index is 709. The molecule has 0 saturated heterocycles. The molecule has 4 rings (SSSR count). The standard InChI is InChI=1S/C20H18B/c1-19(13-7-8-14-19)21-20(2)17-11-5-3-9-15(17)16-10-4-6-12-18(16)20/h3-14H,1-2H3. The molecule has 101 valence electrons. The highest BCUT2D eigenvalue weighted by atomic mass is 14.4. The first kappa shape index (κ1) is 12.7. The van der Waals surface area contributed by atoms with Crippen LogP contribution >= 0.6 is 0 Å². The van der Waals surface area contributed by atoms with Gasteiger partial charge in [-0.15, -0.1) is 0 Å². The summed E-state index contributed by atoms with van der Waals surface area (Å²) in [5.41, 5.74) is 5.59. The average Bonchev–Trinajstić information content (AvgIpc) is 3.02. The first-order valence-electron chi connectivity index (χ1n) is 7.56. The predicted octanol–water partition coefficient (Wildman–Crippen LogP) is 4.94. The van der Waals surface area contributed by atoms with Crippen LogP contribution in [0.25, 0.3) is 11.1 Å². The van der Waals surface area contributed by atoms with Crippen LogP contribution in [0.3, 0.4) is 0 Å². The van der Waals surface area contributed by atoms with Gasteiger partial charge in [-0.1, -0.05) is 86.7 Å². The van der Waals surface area contributed by atoms with Crippen LogP contribution in [0.4, 0.5) is 0 Å². The molecule has 0 nitrogen and oxygen atoms in total. The van der Waals surface area contributed by atoms with Gasteiger partial charge < -0.3 is 0 Å². The minimum Gasteiger partial charge on any atom is -0.0829 e. The summed E-state index contributed by atoms with van der Waals surface area (Å²) in [7, 11) is 2.49. The zero-order valence-corrected chi connectivity index (χ0v) is 12.5. The summed E-state index contributed by atoms with van der Waals surface area (Å²) in [6.07, 6.45) is 8.85. The van der Waals surface area contributed by atoms with Crippen LogP contribution in [0.2, 0.25) is 5.31 Å². The Labute approximate surface area is 127 Å². The van der Waals surface area contributed by atoms with E-state index in [1.165, 1.54) is 22.3 Å². The minimum atomic E-state index is -0.0407. The highest BCUT2D eigenvalue weighted by molar-refractivity contribution is 6.48. The lowest BCUT2D eigenvalue weighted by atomic mass is 9.38. The summed E-state index contributed by atoms with van der Waals surface area (Å²) < 4.78 is 0. The van der Waals surface area contributed by atoms with Crippen molar-refractivity contribution in [3.05, 3.63) is 84.0 Å². The fraction of sp³-hybridized carbons (Fsp3) is 0.200. The van der Waals surface area contributed by atoms with Crippen molar-refractivity contribution < 1.29 is 0 Å². The molecule has 2 aromatic rings. The molecule has 0 saturated carbocycles. The van der Waals surface area contributed by atoms with Gasteiger partial charge in [0.2, 0.25) is 0 Å². The maximum absolute atomic E-state index is 2.49. The zero-order chi connectivity index (χ0) is 14.5. The van der Waals surface area contributed by atoms with Crippen molar-refractivity contribution in [1.82, 2.24) is 0 Å². The molecule has 2 aromatic carbocycles. The van der Waals surface area contributed by atoms with Gasteiger partial charge in [-0.25, -0.2) is 0 Å². The molecule has 1 radical (unpaired) electrons. The van der Waals surface area contributed by atoms with Gasteiger partial charge in [0, 0.05) is 0 Å². The predicted molar refractivity (Wildman–Crippen MR) is 90.7 cm³/mol. The van der Waals surface area contributed by atoms with E-state index >= 15 is 0 Å². The van der Waals surface area contributed by atoms with E-state index in [4.69, 9.17) is 0 Å². The molecule has 0 aliphatic heterocycles. The molecule has 21 heavy (non-hydrogen) atoms. The molecular weight excluding hydrogens is 251 g/mol. The number of allylic oxidation sites excluding steroid dienone is 4. The van der Waals surface area contributed by atoms with Crippen molar-refractivity contribution in [3.8, 4) is 11.1 Å². The second-order valence-corrected chi connectivity index (χ2v) is 6.52. The van der Waals surface area contributed by atoms with Crippen LogP contribution in [0.1, 0.15) is 25.0 Å². The second kappa shape index (κ2) is 4.24. The molecule has 0 N–H and O–H groups in total. The normalized spacial score (nSPS) is 19.3. The Balaban J connectivity index is 1.92. The van der Waals surface area contributed by atoms with E-state index in [2.05, 4.69) is 94.0 Å². The van der Waals surface area contributed by atoms with E-state index in [0.29, 0.717) is 0 Å². The Morgan fingerprint density at radius 1 is 0.714 bits per heavy atom. The third kappa shape index (κ3) is 1.77. The van der Waals surface area contributed by atoms with Gasteiger partial charge in [-0.2, -0.15) is 0 Å². The Kier molecular flexibility index (Phi) is 2.56. The quantitative estimate of drug-likeness (QED) is 0.677. The van der Waals surface area contributed by atoms with E-state index in [1.807, 2.05) is 0 Å². The fourth-order valence-electron chi connectivity index (χ4n) is 3.94. The van der Waals surface area contributed by atoms with Crippen LogP contribution < -0.4 is 0 Å². The molecule has 2 aliphatic carbocycles. The molecule has 1 heteroatoms. The third-order valence-electron chi connectivity index (χ3n) is 4.88. The summed E-state index contributed by atoms with van der Waals surface area (Å²) in [6, 6.07) is 17.6. The molecule has 0 fully saturated rings. The highest BCUT2D eigenvalue weighted by Crippen LogP contribution is 2.51. The van der Waals surface area contributed by atoms with Gasteiger partial charge in [0.15, 0.2) is 0 Å². The van der Waals surface area contributed by atoms with E-state index in [9.17, 15) is 0 Å². The van der Waals surface area contributed by atoms with Crippen LogP contribution in [-0.4, -0.2) is 7.28 Å². The second-order valence-electron chi connectivity index (χ2n) is 6.52. The topological polar surface area (TPSA) is 0 Å². The largest absolute Gasteiger partial charge is 0.147 e. The molecule has 0 bridgehead atoms. The lowest BCUT2D eigenvalue weighted by Gasteiger charge is -2.33. The van der Waals surface area contributed by atoms with Crippen LogP contribution in [0.15, 0.2) is 72.8 Å². The molecule has 0 unspecified atom stereocenters. The lowest BCUT2D eigenvalue weighted by molar-refractivity contribution is 0.788. The van der Waals surface area contributed by atoms with E-state index < -0.39 is 0 Å². The molecule has 0 spiro atoms. The van der Waals surface area contributed by atoms with Crippen molar-refractivity contribution in [2.75, 3.05) is 0 Å². The van der Waals surface area contributed by atoms with Crippen molar-refractivity contribution in [1.29, 1.82) is 0 Å². The first-order valence-corrected chi connectivity index (χ1v) is 7.56. The highest BCUT2D eigenvalue weighted by Gasteiger charge is 2.43. The first-order chi connectivity index (χ1) is 10.1. The SMILES string of the molecule is CC1([B]C2(C)c3ccccc3-c3ccccc32)C=CC=C1. The van der Waals surface area contributed by atoms with E-state index in [-0.39, 0.29) is 10.6 Å². The van der Waals surface area contributed by atoms with Gasteiger partial charge in [-0.3, -0.25) is 0 Å². The summed E-state index contributed by atoms with van der Waals surface area (Å²) in [6.45, 7) is 4.63. The number of rotatable bonds is 2. The molecule has 0 aromatic heterocycles. The Hall–Kier alpha value is -2.02.